The Morgan fingerprint density at radius 3 is 2.38 bits per heavy atom. The van der Waals surface area contributed by atoms with Gasteiger partial charge in [-0.2, -0.15) is 0 Å². The summed E-state index contributed by atoms with van der Waals surface area (Å²) in [6, 6.07) is 10.5. The number of nitrogens with one attached hydrogen (secondary N) is 1. The molecule has 1 aromatic heterocycles. The molecule has 0 bridgehead atoms. The fourth-order valence-corrected chi connectivity index (χ4v) is 6.67. The SMILES string of the molecule is CCOC(=O)c1c(NC(=O)c2ccc(N(C)S(=O)(=O)c3ccc(OC)c(OC)c3)cc2)sc2c1CCC2. The van der Waals surface area contributed by atoms with Gasteiger partial charge in [-0.15, -0.1) is 11.3 Å². The van der Waals surface area contributed by atoms with E-state index in [1.54, 1.807) is 19.1 Å². The maximum absolute atomic E-state index is 13.2. The molecular formula is C26H28N2O7S2. The largest absolute Gasteiger partial charge is 0.493 e. The number of esters is 1. The van der Waals surface area contributed by atoms with E-state index in [0.29, 0.717) is 33.3 Å². The number of sulfonamides is 1. The van der Waals surface area contributed by atoms with E-state index in [4.69, 9.17) is 14.2 Å². The van der Waals surface area contributed by atoms with Crippen LogP contribution in [0, 0.1) is 0 Å². The van der Waals surface area contributed by atoms with Gasteiger partial charge in [0.25, 0.3) is 15.9 Å². The summed E-state index contributed by atoms with van der Waals surface area (Å²) in [5, 5.41) is 3.32. The topological polar surface area (TPSA) is 111 Å². The number of benzene rings is 2. The zero-order valence-corrected chi connectivity index (χ0v) is 22.6. The van der Waals surface area contributed by atoms with Crippen LogP contribution in [0.1, 0.15) is 44.5 Å². The fraction of sp³-hybridized carbons (Fsp3) is 0.308. The number of nitrogens with zero attached hydrogens (tertiary/aromatic N) is 1. The monoisotopic (exact) mass is 544 g/mol. The van der Waals surface area contributed by atoms with E-state index in [0.717, 1.165) is 34.0 Å². The van der Waals surface area contributed by atoms with Crippen LogP contribution in [0.5, 0.6) is 11.5 Å². The zero-order valence-electron chi connectivity index (χ0n) is 21.0. The van der Waals surface area contributed by atoms with Crippen LogP contribution in [0.15, 0.2) is 47.4 Å². The van der Waals surface area contributed by atoms with Crippen LogP contribution in [0.2, 0.25) is 0 Å². The highest BCUT2D eigenvalue weighted by Crippen LogP contribution is 2.40. The predicted octanol–water partition coefficient (Wildman–Crippen LogP) is 4.51. The lowest BCUT2D eigenvalue weighted by molar-refractivity contribution is 0.0527. The molecule has 0 radical (unpaired) electrons. The maximum atomic E-state index is 13.2. The Hall–Kier alpha value is -3.57. The number of thiophene rings is 1. The highest BCUT2D eigenvalue weighted by Gasteiger charge is 2.29. The molecule has 0 spiro atoms. The number of carbonyl (C=O) groups is 2. The minimum Gasteiger partial charge on any atom is -0.493 e. The van der Waals surface area contributed by atoms with E-state index in [1.807, 2.05) is 0 Å². The first-order valence-electron chi connectivity index (χ1n) is 11.6. The van der Waals surface area contributed by atoms with Crippen molar-refractivity contribution in [3.05, 3.63) is 64.0 Å². The van der Waals surface area contributed by atoms with Crippen molar-refractivity contribution in [3.63, 3.8) is 0 Å². The summed E-state index contributed by atoms with van der Waals surface area (Å²) in [6.45, 7) is 1.99. The van der Waals surface area contributed by atoms with Crippen LogP contribution in [0.25, 0.3) is 0 Å². The van der Waals surface area contributed by atoms with E-state index in [-0.39, 0.29) is 11.5 Å². The van der Waals surface area contributed by atoms with Crippen molar-refractivity contribution in [2.45, 2.75) is 31.1 Å². The van der Waals surface area contributed by atoms with E-state index in [2.05, 4.69) is 5.32 Å². The van der Waals surface area contributed by atoms with Crippen LogP contribution in [0.3, 0.4) is 0 Å². The highest BCUT2D eigenvalue weighted by molar-refractivity contribution is 7.92. The molecule has 3 aromatic rings. The molecule has 11 heteroatoms. The number of fused-ring (bicyclic) bond motifs is 1. The number of rotatable bonds is 9. The molecule has 0 fully saturated rings. The number of amides is 1. The Morgan fingerprint density at radius 2 is 1.73 bits per heavy atom. The molecule has 0 saturated heterocycles. The first-order chi connectivity index (χ1) is 17.7. The lowest BCUT2D eigenvalue weighted by atomic mass is 10.1. The maximum Gasteiger partial charge on any atom is 0.341 e. The Labute approximate surface area is 220 Å². The Balaban J connectivity index is 1.54. The lowest BCUT2D eigenvalue weighted by Crippen LogP contribution is -2.26. The predicted molar refractivity (Wildman–Crippen MR) is 142 cm³/mol. The third-order valence-corrected chi connectivity index (χ3v) is 9.12. The summed E-state index contributed by atoms with van der Waals surface area (Å²) < 4.78 is 43.1. The molecule has 0 aliphatic heterocycles. The van der Waals surface area contributed by atoms with Crippen LogP contribution in [0.4, 0.5) is 10.7 Å². The summed E-state index contributed by atoms with van der Waals surface area (Å²) in [5.74, 6) is -0.121. The molecule has 0 saturated carbocycles. The van der Waals surface area contributed by atoms with Gasteiger partial charge in [-0.25, -0.2) is 13.2 Å². The van der Waals surface area contributed by atoms with Gasteiger partial charge in [0.15, 0.2) is 11.5 Å². The normalized spacial score (nSPS) is 12.5. The van der Waals surface area contributed by atoms with Crippen molar-refractivity contribution in [3.8, 4) is 11.5 Å². The van der Waals surface area contributed by atoms with Crippen molar-refractivity contribution in [2.75, 3.05) is 37.5 Å². The van der Waals surface area contributed by atoms with E-state index in [1.165, 1.54) is 62.9 Å². The van der Waals surface area contributed by atoms with Crippen molar-refractivity contribution < 1.29 is 32.2 Å². The fourth-order valence-electron chi connectivity index (χ4n) is 4.18. The third-order valence-electron chi connectivity index (χ3n) is 6.13. The Bertz CT molecular complexity index is 1430. The summed E-state index contributed by atoms with van der Waals surface area (Å²) in [7, 11) is 0.430. The molecule has 1 amide bonds. The summed E-state index contributed by atoms with van der Waals surface area (Å²) in [6.07, 6.45) is 2.63. The van der Waals surface area contributed by atoms with Gasteiger partial charge in [-0.05, 0) is 68.1 Å². The van der Waals surface area contributed by atoms with Crippen LogP contribution in [-0.2, 0) is 27.6 Å². The number of hydrogen-bond acceptors (Lipinski definition) is 8. The van der Waals surface area contributed by atoms with Gasteiger partial charge in [0, 0.05) is 23.6 Å². The van der Waals surface area contributed by atoms with E-state index in [9.17, 15) is 18.0 Å². The number of ether oxygens (including phenoxy) is 3. The second kappa shape index (κ2) is 10.8. The van der Waals surface area contributed by atoms with E-state index >= 15 is 0 Å². The van der Waals surface area contributed by atoms with Crippen LogP contribution in [-0.4, -0.2) is 48.2 Å². The minimum atomic E-state index is -3.90. The van der Waals surface area contributed by atoms with Gasteiger partial charge in [0.05, 0.1) is 37.0 Å². The average molecular weight is 545 g/mol. The van der Waals surface area contributed by atoms with Crippen molar-refractivity contribution in [1.82, 2.24) is 0 Å². The van der Waals surface area contributed by atoms with Crippen molar-refractivity contribution >= 4 is 43.9 Å². The number of carbonyl (C=O) groups excluding carboxylic acids is 2. The molecule has 37 heavy (non-hydrogen) atoms. The van der Waals surface area contributed by atoms with Crippen LogP contribution < -0.4 is 19.1 Å². The minimum absolute atomic E-state index is 0.0340. The van der Waals surface area contributed by atoms with Gasteiger partial charge in [0.2, 0.25) is 0 Å². The molecule has 2 aromatic carbocycles. The standard InChI is InChI=1S/C26H28N2O7S2/c1-5-35-26(30)23-19-7-6-8-22(19)36-25(23)27-24(29)16-9-11-17(12-10-16)28(2)37(31,32)18-13-14-20(33-3)21(15-18)34-4/h9-15H,5-8H2,1-4H3,(H,27,29). The summed E-state index contributed by atoms with van der Waals surface area (Å²) >= 11 is 1.40. The first-order valence-corrected chi connectivity index (χ1v) is 13.9. The van der Waals surface area contributed by atoms with Gasteiger partial charge in [0.1, 0.15) is 5.00 Å². The molecule has 1 N–H and O–H groups in total. The van der Waals surface area contributed by atoms with Crippen molar-refractivity contribution in [1.29, 1.82) is 0 Å². The van der Waals surface area contributed by atoms with Gasteiger partial charge < -0.3 is 19.5 Å². The molecule has 0 unspecified atom stereocenters. The highest BCUT2D eigenvalue weighted by atomic mass is 32.2. The molecular weight excluding hydrogens is 516 g/mol. The molecule has 1 heterocycles. The van der Waals surface area contributed by atoms with Gasteiger partial charge >= 0.3 is 5.97 Å². The summed E-state index contributed by atoms with van der Waals surface area (Å²) in [4.78, 5) is 26.7. The molecule has 196 valence electrons. The molecule has 1 aliphatic rings. The van der Waals surface area contributed by atoms with E-state index < -0.39 is 21.9 Å². The quantitative estimate of drug-likeness (QED) is 0.395. The van der Waals surface area contributed by atoms with Crippen LogP contribution >= 0.6 is 11.3 Å². The lowest BCUT2D eigenvalue weighted by Gasteiger charge is -2.20. The third kappa shape index (κ3) is 5.14. The molecule has 1 aliphatic carbocycles. The van der Waals surface area contributed by atoms with Gasteiger partial charge in [-0.3, -0.25) is 9.10 Å². The van der Waals surface area contributed by atoms with Crippen molar-refractivity contribution in [2.24, 2.45) is 0 Å². The van der Waals surface area contributed by atoms with Gasteiger partial charge in [-0.1, -0.05) is 0 Å². The number of aryl methyl sites for hydroxylation is 1. The Morgan fingerprint density at radius 1 is 1.03 bits per heavy atom. The Kier molecular flexibility index (Phi) is 7.74. The smallest absolute Gasteiger partial charge is 0.341 e. The first kappa shape index (κ1) is 26.5. The molecule has 9 nitrogen and oxygen atoms in total. The number of methoxy groups -OCH3 is 2. The summed E-state index contributed by atoms with van der Waals surface area (Å²) in [5.41, 5.74) is 2.08. The molecule has 4 rings (SSSR count). The average Bonchev–Trinajstić information content (AvgIpc) is 3.48. The second-order valence-electron chi connectivity index (χ2n) is 8.27. The number of anilines is 2. The second-order valence-corrected chi connectivity index (χ2v) is 11.3. The molecule has 0 atom stereocenters. The number of hydrogen-bond donors (Lipinski definition) is 1. The zero-order chi connectivity index (χ0) is 26.7.